The molecule has 0 radical (unpaired) electrons. The molecule has 4 aromatic rings. The zero-order valence-electron chi connectivity index (χ0n) is 24.2. The fourth-order valence-corrected chi connectivity index (χ4v) is 6.21. The van der Waals surface area contributed by atoms with Crippen molar-refractivity contribution in [3.8, 4) is 0 Å². The average molecular weight is 551 g/mol. The van der Waals surface area contributed by atoms with Gasteiger partial charge in [0.05, 0.1) is 32.7 Å². The van der Waals surface area contributed by atoms with Gasteiger partial charge in [-0.3, -0.25) is 4.90 Å². The van der Waals surface area contributed by atoms with E-state index in [1.807, 2.05) is 23.1 Å². The van der Waals surface area contributed by atoms with E-state index in [9.17, 15) is 0 Å². The second-order valence-corrected chi connectivity index (χ2v) is 11.4. The molecule has 3 aliphatic heterocycles. The van der Waals surface area contributed by atoms with Gasteiger partial charge in [0.2, 0.25) is 0 Å². The first-order chi connectivity index (χ1) is 20.2. The van der Waals surface area contributed by atoms with Crippen molar-refractivity contribution < 1.29 is 9.16 Å². The van der Waals surface area contributed by atoms with E-state index in [2.05, 4.69) is 104 Å². The molecule has 3 saturated heterocycles. The summed E-state index contributed by atoms with van der Waals surface area (Å²) in [7, 11) is 0. The molecule has 0 aliphatic carbocycles. The van der Waals surface area contributed by atoms with Crippen LogP contribution in [0, 0.1) is 0 Å². The largest absolute Gasteiger partial charge is 0.442 e. The van der Waals surface area contributed by atoms with Crippen LogP contribution in [-0.2, 0) is 13.1 Å². The van der Waals surface area contributed by atoms with Gasteiger partial charge in [0.1, 0.15) is 12.2 Å². The lowest BCUT2D eigenvalue weighted by atomic mass is 10.1. The molecule has 0 spiro atoms. The molecule has 3 fully saturated rings. The standard InChI is InChI=1S/C33H42N8/c1-2-38(18-9-22-41-23-19-37(20-24-41)21-25-41)32-16-14-31(15-17-32)35-36-33-39(26-29-10-5-3-6-11-29)28-34-40(33)27-30-12-7-4-8-13-30/h3-8,10-17,28H,2,9,18-27H2,1H3/q+2. The molecule has 8 nitrogen and oxygen atoms in total. The first-order valence-corrected chi connectivity index (χ1v) is 15.1. The monoisotopic (exact) mass is 550 g/mol. The Morgan fingerprint density at radius 2 is 1.49 bits per heavy atom. The summed E-state index contributed by atoms with van der Waals surface area (Å²) in [4.78, 5) is 5.11. The van der Waals surface area contributed by atoms with Crippen molar-refractivity contribution in [3.05, 3.63) is 102 Å². The Balaban J connectivity index is 1.13. The predicted octanol–water partition coefficient (Wildman–Crippen LogP) is 5.05. The van der Waals surface area contributed by atoms with Crippen LogP contribution >= 0.6 is 0 Å². The Morgan fingerprint density at radius 1 is 0.829 bits per heavy atom. The molecule has 4 heterocycles. The number of hydrogen-bond donors (Lipinski definition) is 0. The summed E-state index contributed by atoms with van der Waals surface area (Å²) in [6.45, 7) is 14.8. The molecular weight excluding hydrogens is 508 g/mol. The second kappa shape index (κ2) is 12.7. The van der Waals surface area contributed by atoms with Crippen molar-refractivity contribution in [3.63, 3.8) is 0 Å². The van der Waals surface area contributed by atoms with Crippen LogP contribution in [0.4, 0.5) is 17.3 Å². The smallest absolute Gasteiger partial charge is 0.372 e. The van der Waals surface area contributed by atoms with Crippen LogP contribution in [0.15, 0.2) is 101 Å². The Labute approximate surface area is 243 Å². The number of azo groups is 1. The van der Waals surface area contributed by atoms with Gasteiger partial charge in [-0.05, 0) is 42.3 Å². The van der Waals surface area contributed by atoms with Crippen LogP contribution in [-0.4, -0.2) is 78.0 Å². The van der Waals surface area contributed by atoms with Gasteiger partial charge in [-0.25, -0.2) is 4.57 Å². The van der Waals surface area contributed by atoms with Gasteiger partial charge in [0.25, 0.3) is 0 Å². The highest BCUT2D eigenvalue weighted by Gasteiger charge is 2.37. The van der Waals surface area contributed by atoms with Gasteiger partial charge in [-0.1, -0.05) is 70.9 Å². The van der Waals surface area contributed by atoms with Gasteiger partial charge in [-0.2, -0.15) is 0 Å². The normalized spacial score (nSPS) is 20.1. The molecule has 41 heavy (non-hydrogen) atoms. The minimum Gasteiger partial charge on any atom is -0.372 e. The van der Waals surface area contributed by atoms with E-state index in [4.69, 9.17) is 5.11 Å². The van der Waals surface area contributed by atoms with Crippen molar-refractivity contribution in [2.45, 2.75) is 26.4 Å². The second-order valence-electron chi connectivity index (χ2n) is 11.4. The molecule has 212 valence electrons. The van der Waals surface area contributed by atoms with Gasteiger partial charge in [-0.15, -0.1) is 4.68 Å². The molecular formula is C33H42N8+2. The number of benzene rings is 3. The maximum absolute atomic E-state index is 4.71. The highest BCUT2D eigenvalue weighted by molar-refractivity contribution is 5.52. The van der Waals surface area contributed by atoms with Crippen LogP contribution in [0.25, 0.3) is 0 Å². The summed E-state index contributed by atoms with van der Waals surface area (Å²) in [6.07, 6.45) is 3.09. The number of rotatable bonds is 12. The lowest BCUT2D eigenvalue weighted by molar-refractivity contribution is -0.941. The zero-order valence-corrected chi connectivity index (χ0v) is 24.2. The molecule has 1 aromatic heterocycles. The third-order valence-corrected chi connectivity index (χ3v) is 8.77. The number of piperazine rings is 3. The summed E-state index contributed by atoms with van der Waals surface area (Å²) >= 11 is 0. The van der Waals surface area contributed by atoms with Crippen molar-refractivity contribution in [2.24, 2.45) is 10.2 Å². The van der Waals surface area contributed by atoms with Gasteiger partial charge in [0.15, 0.2) is 6.33 Å². The van der Waals surface area contributed by atoms with Gasteiger partial charge >= 0.3 is 5.95 Å². The van der Waals surface area contributed by atoms with E-state index in [-0.39, 0.29) is 0 Å². The number of hydrogen-bond acceptors (Lipinski definition) is 5. The maximum atomic E-state index is 4.71. The van der Waals surface area contributed by atoms with E-state index in [0.29, 0.717) is 13.1 Å². The van der Waals surface area contributed by atoms with E-state index in [1.165, 1.54) is 73.5 Å². The van der Waals surface area contributed by atoms with E-state index in [0.717, 1.165) is 24.7 Å². The van der Waals surface area contributed by atoms with Gasteiger partial charge in [0, 0.05) is 49.9 Å². The molecule has 2 bridgehead atoms. The molecule has 0 saturated carbocycles. The summed E-state index contributed by atoms with van der Waals surface area (Å²) < 4.78 is 5.31. The first kappa shape index (κ1) is 27.3. The lowest BCUT2D eigenvalue weighted by Gasteiger charge is -2.50. The Kier molecular flexibility index (Phi) is 8.49. The molecule has 0 amide bonds. The summed E-state index contributed by atoms with van der Waals surface area (Å²) in [5.41, 5.74) is 4.47. The fourth-order valence-electron chi connectivity index (χ4n) is 6.21. The molecule has 8 heteroatoms. The number of aromatic nitrogens is 3. The fraction of sp³-hybridized carbons (Fsp3) is 0.394. The minimum absolute atomic E-state index is 0.639. The number of anilines is 1. The predicted molar refractivity (Wildman–Crippen MR) is 163 cm³/mol. The zero-order chi connectivity index (χ0) is 27.9. The minimum atomic E-state index is 0.639. The molecule has 0 atom stereocenters. The summed E-state index contributed by atoms with van der Waals surface area (Å²) in [5, 5.41) is 14.0. The third kappa shape index (κ3) is 6.72. The molecule has 7 rings (SSSR count). The lowest BCUT2D eigenvalue weighted by Crippen LogP contribution is -2.67. The van der Waals surface area contributed by atoms with Crippen molar-refractivity contribution in [1.82, 2.24) is 14.6 Å². The number of fused-ring (bicyclic) bond motifs is 3. The van der Waals surface area contributed by atoms with Crippen LogP contribution in [0.3, 0.4) is 0 Å². The highest BCUT2D eigenvalue weighted by atomic mass is 15.5. The van der Waals surface area contributed by atoms with Crippen LogP contribution in [0.5, 0.6) is 0 Å². The van der Waals surface area contributed by atoms with Crippen molar-refractivity contribution >= 4 is 17.3 Å². The van der Waals surface area contributed by atoms with Crippen molar-refractivity contribution in [1.29, 1.82) is 0 Å². The molecule has 3 aromatic carbocycles. The van der Waals surface area contributed by atoms with Crippen LogP contribution < -0.4 is 9.58 Å². The maximum Gasteiger partial charge on any atom is 0.442 e. The topological polar surface area (TPSA) is 52.9 Å². The average Bonchev–Trinajstić information content (AvgIpc) is 3.40. The first-order valence-electron chi connectivity index (χ1n) is 15.1. The Morgan fingerprint density at radius 3 is 2.15 bits per heavy atom. The summed E-state index contributed by atoms with van der Waals surface area (Å²) in [5.74, 6) is 0.725. The number of nitrogens with zero attached hydrogens (tertiary/aromatic N) is 8. The van der Waals surface area contributed by atoms with E-state index in [1.54, 1.807) is 0 Å². The Bertz CT molecular complexity index is 1330. The summed E-state index contributed by atoms with van der Waals surface area (Å²) in [6, 6.07) is 29.3. The van der Waals surface area contributed by atoms with Crippen LogP contribution in [0.1, 0.15) is 24.5 Å². The molecule has 0 unspecified atom stereocenters. The Hall–Kier alpha value is -3.88. The molecule has 0 N–H and O–H groups in total. The van der Waals surface area contributed by atoms with Crippen LogP contribution in [0.2, 0.25) is 0 Å². The highest BCUT2D eigenvalue weighted by Crippen LogP contribution is 2.24. The van der Waals surface area contributed by atoms with E-state index >= 15 is 0 Å². The number of quaternary nitrogens is 1. The van der Waals surface area contributed by atoms with Crippen molar-refractivity contribution in [2.75, 3.05) is 63.8 Å². The quantitative estimate of drug-likeness (QED) is 0.141. The van der Waals surface area contributed by atoms with E-state index < -0.39 is 0 Å². The van der Waals surface area contributed by atoms with Gasteiger partial charge < -0.3 is 9.38 Å². The molecule has 3 aliphatic rings. The third-order valence-electron chi connectivity index (χ3n) is 8.77. The SMILES string of the molecule is CCN(CCC[N+]12CCN(CC1)CC2)c1ccc(N=Nc2n(Cc3ccccc3)cn[n+]2Cc2ccccc2)cc1.